The predicted octanol–water partition coefficient (Wildman–Crippen LogP) is 1.73. The quantitative estimate of drug-likeness (QED) is 0.815. The number of benzene rings is 1. The number of carbonyl (C=O) groups is 2. The van der Waals surface area contributed by atoms with Gasteiger partial charge in [0.25, 0.3) is 0 Å². The molecule has 0 saturated heterocycles. The SMILES string of the molecule is [2H][13C]([2H])([2H])N(C(=O)OCc1ccccc1)[C@@H](C)C(=O)O. The highest BCUT2D eigenvalue weighted by molar-refractivity contribution is 5.79. The molecule has 1 N–H and O–H groups in total. The Labute approximate surface area is 104 Å². The molecular formula is C12H15NO4. The third-order valence-electron chi connectivity index (χ3n) is 2.15. The van der Waals surface area contributed by atoms with E-state index in [1.807, 2.05) is 0 Å². The first-order valence-corrected chi connectivity index (χ1v) is 4.96. The number of rotatable bonds is 4. The van der Waals surface area contributed by atoms with E-state index in [9.17, 15) is 9.59 Å². The molecule has 1 aromatic carbocycles. The number of hydrogen-bond donors (Lipinski definition) is 1. The highest BCUT2D eigenvalue weighted by atomic mass is 16.6. The Morgan fingerprint density at radius 1 is 1.47 bits per heavy atom. The first-order valence-electron chi connectivity index (χ1n) is 6.46. The normalized spacial score (nSPS) is 15.0. The van der Waals surface area contributed by atoms with E-state index in [1.54, 1.807) is 30.3 Å². The minimum absolute atomic E-state index is 0.126. The van der Waals surface area contributed by atoms with Gasteiger partial charge in [0.15, 0.2) is 0 Å². The van der Waals surface area contributed by atoms with Gasteiger partial charge < -0.3 is 9.84 Å². The van der Waals surface area contributed by atoms with Gasteiger partial charge in [0.2, 0.25) is 0 Å². The maximum absolute atomic E-state index is 11.8. The molecule has 5 heteroatoms. The molecule has 1 atom stereocenters. The van der Waals surface area contributed by atoms with Crippen molar-refractivity contribution >= 4 is 12.1 Å². The van der Waals surface area contributed by atoms with Gasteiger partial charge >= 0.3 is 12.1 Å². The first-order chi connectivity index (χ1) is 9.23. The van der Waals surface area contributed by atoms with Crippen LogP contribution in [-0.4, -0.2) is 35.1 Å². The summed E-state index contributed by atoms with van der Waals surface area (Å²) in [5.74, 6) is -1.42. The Hall–Kier alpha value is -2.04. The summed E-state index contributed by atoms with van der Waals surface area (Å²) < 4.78 is 26.5. The van der Waals surface area contributed by atoms with Gasteiger partial charge in [-0.3, -0.25) is 4.90 Å². The summed E-state index contributed by atoms with van der Waals surface area (Å²) in [5.41, 5.74) is 0.675. The monoisotopic (exact) mass is 241 g/mol. The van der Waals surface area contributed by atoms with Crippen LogP contribution in [-0.2, 0) is 16.1 Å². The number of likely N-dealkylation sites (N-methyl/N-ethyl adjacent to an activating group) is 1. The van der Waals surface area contributed by atoms with E-state index in [-0.39, 0.29) is 11.5 Å². The van der Waals surface area contributed by atoms with Crippen LogP contribution in [0.3, 0.4) is 0 Å². The summed E-state index contributed by atoms with van der Waals surface area (Å²) in [5, 5.41) is 8.85. The topological polar surface area (TPSA) is 66.8 Å². The van der Waals surface area contributed by atoms with Crippen LogP contribution in [0.15, 0.2) is 30.3 Å². The average Bonchev–Trinajstić information content (AvgIpc) is 2.36. The molecule has 17 heavy (non-hydrogen) atoms. The van der Waals surface area contributed by atoms with Gasteiger partial charge in [-0.15, -0.1) is 0 Å². The first kappa shape index (κ1) is 9.04. The molecule has 0 aliphatic heterocycles. The van der Waals surface area contributed by atoms with Crippen molar-refractivity contribution in [2.45, 2.75) is 19.6 Å². The smallest absolute Gasteiger partial charge is 0.410 e. The Morgan fingerprint density at radius 3 is 2.65 bits per heavy atom. The largest absolute Gasteiger partial charge is 0.480 e. The second-order valence-electron chi connectivity index (χ2n) is 3.42. The molecule has 0 aliphatic carbocycles. The maximum atomic E-state index is 11.8. The van der Waals surface area contributed by atoms with Crippen LogP contribution in [0.1, 0.15) is 16.6 Å². The van der Waals surface area contributed by atoms with Gasteiger partial charge in [0, 0.05) is 11.1 Å². The van der Waals surface area contributed by atoms with E-state index in [2.05, 4.69) is 0 Å². The van der Waals surface area contributed by atoms with Crippen molar-refractivity contribution < 1.29 is 23.5 Å². The van der Waals surface area contributed by atoms with E-state index in [0.29, 0.717) is 5.56 Å². The van der Waals surface area contributed by atoms with Crippen molar-refractivity contribution in [2.24, 2.45) is 0 Å². The standard InChI is InChI=1S/C12H15NO4/c1-9(11(14)15)13(2)12(16)17-8-10-6-4-3-5-7-10/h3-7,9H,8H2,1-2H3,(H,14,15)/t9-/m0/s1/i2+1D3. The predicted molar refractivity (Wildman–Crippen MR) is 61.5 cm³/mol. The van der Waals surface area contributed by atoms with Crippen LogP contribution in [0.2, 0.25) is 0 Å². The number of nitrogens with zero attached hydrogens (tertiary/aromatic N) is 1. The van der Waals surface area contributed by atoms with Gasteiger partial charge in [-0.2, -0.15) is 0 Å². The molecule has 92 valence electrons. The Morgan fingerprint density at radius 2 is 2.12 bits per heavy atom. The number of carboxylic acids is 1. The van der Waals surface area contributed by atoms with Crippen LogP contribution >= 0.6 is 0 Å². The van der Waals surface area contributed by atoms with Crippen LogP contribution in [0, 0.1) is 0 Å². The van der Waals surface area contributed by atoms with E-state index in [4.69, 9.17) is 14.0 Å². The van der Waals surface area contributed by atoms with Crippen LogP contribution < -0.4 is 0 Å². The Bertz CT molecular complexity index is 475. The number of carboxylic acid groups (broad SMARTS) is 1. The number of ether oxygens (including phenoxy) is 1. The molecule has 0 aromatic heterocycles. The highest BCUT2D eigenvalue weighted by Crippen LogP contribution is 2.04. The van der Waals surface area contributed by atoms with Crippen LogP contribution in [0.5, 0.6) is 0 Å². The van der Waals surface area contributed by atoms with Gasteiger partial charge in [-0.05, 0) is 12.5 Å². The van der Waals surface area contributed by atoms with Crippen molar-refractivity contribution in [3.05, 3.63) is 35.9 Å². The zero-order valence-corrected chi connectivity index (χ0v) is 9.29. The lowest BCUT2D eigenvalue weighted by atomic mass is 10.2. The second-order valence-corrected chi connectivity index (χ2v) is 3.42. The minimum atomic E-state index is -2.88. The van der Waals surface area contributed by atoms with Crippen molar-refractivity contribution in [1.82, 2.24) is 4.90 Å². The number of aliphatic carboxylic acids is 1. The maximum Gasteiger partial charge on any atom is 0.410 e. The fourth-order valence-electron chi connectivity index (χ4n) is 1.06. The molecule has 0 aliphatic rings. The highest BCUT2D eigenvalue weighted by Gasteiger charge is 2.22. The summed E-state index contributed by atoms with van der Waals surface area (Å²) in [7, 11) is 0. The summed E-state index contributed by atoms with van der Waals surface area (Å²) >= 11 is 0. The zero-order valence-electron chi connectivity index (χ0n) is 12.3. The van der Waals surface area contributed by atoms with Crippen molar-refractivity contribution in [2.75, 3.05) is 6.98 Å². The third kappa shape index (κ3) is 3.79. The van der Waals surface area contributed by atoms with Crippen molar-refractivity contribution in [3.8, 4) is 0 Å². The van der Waals surface area contributed by atoms with Crippen molar-refractivity contribution in [1.29, 1.82) is 0 Å². The van der Waals surface area contributed by atoms with E-state index in [1.165, 1.54) is 0 Å². The van der Waals surface area contributed by atoms with E-state index in [0.717, 1.165) is 6.92 Å². The molecule has 0 fully saturated rings. The molecule has 5 nitrogen and oxygen atoms in total. The fraction of sp³-hybridized carbons (Fsp3) is 0.333. The van der Waals surface area contributed by atoms with E-state index < -0.39 is 25.1 Å². The average molecular weight is 241 g/mol. The molecule has 0 radical (unpaired) electrons. The van der Waals surface area contributed by atoms with Gasteiger partial charge in [-0.1, -0.05) is 30.3 Å². The Kier molecular flexibility index (Phi) is 3.13. The summed E-state index contributed by atoms with van der Waals surface area (Å²) in [4.78, 5) is 22.9. The molecule has 1 aromatic rings. The second kappa shape index (κ2) is 5.89. The van der Waals surface area contributed by atoms with E-state index >= 15 is 0 Å². The number of carbonyl (C=O) groups excluding carboxylic acids is 1. The molecule has 0 heterocycles. The van der Waals surface area contributed by atoms with Crippen molar-refractivity contribution in [3.63, 3.8) is 0 Å². The minimum Gasteiger partial charge on any atom is -0.480 e. The van der Waals surface area contributed by atoms with Gasteiger partial charge in [0.05, 0.1) is 0 Å². The van der Waals surface area contributed by atoms with Gasteiger partial charge in [-0.25, -0.2) is 9.59 Å². The molecule has 0 saturated carbocycles. The lowest BCUT2D eigenvalue weighted by Gasteiger charge is -2.20. The van der Waals surface area contributed by atoms with Gasteiger partial charge in [0.1, 0.15) is 12.6 Å². The lowest BCUT2D eigenvalue weighted by Crippen LogP contribution is -2.40. The summed E-state index contributed by atoms with van der Waals surface area (Å²) in [6.07, 6.45) is -1.19. The van der Waals surface area contributed by atoms with Crippen LogP contribution in [0.4, 0.5) is 4.79 Å². The van der Waals surface area contributed by atoms with Crippen LogP contribution in [0.25, 0.3) is 0 Å². The molecule has 0 unspecified atom stereocenters. The fourth-order valence-corrected chi connectivity index (χ4v) is 1.06. The Balaban J connectivity index is 2.77. The summed E-state index contributed by atoms with van der Waals surface area (Å²) in [6.45, 7) is -1.90. The molecular weight excluding hydrogens is 223 g/mol. The molecule has 0 spiro atoms. The number of hydrogen-bond acceptors (Lipinski definition) is 3. The molecule has 1 amide bonds. The number of amides is 1. The molecule has 1 rings (SSSR count). The lowest BCUT2D eigenvalue weighted by molar-refractivity contribution is -0.141. The zero-order chi connectivity index (χ0) is 15.3. The molecule has 0 bridgehead atoms. The summed E-state index contributed by atoms with van der Waals surface area (Å²) in [6, 6.07) is 7.16. The third-order valence-corrected chi connectivity index (χ3v) is 2.15.